The molecule has 5 nitrogen and oxygen atoms in total. The van der Waals surface area contributed by atoms with Gasteiger partial charge in [0.25, 0.3) is 0 Å². The number of benzene rings is 1. The van der Waals surface area contributed by atoms with E-state index in [9.17, 15) is 17.6 Å². The van der Waals surface area contributed by atoms with Crippen molar-refractivity contribution in [2.75, 3.05) is 14.1 Å². The van der Waals surface area contributed by atoms with E-state index in [-0.39, 0.29) is 23.7 Å². The quantitative estimate of drug-likeness (QED) is 0.269. The number of allylic oxidation sites excluding steroid dienone is 1. The molecule has 0 aliphatic heterocycles. The van der Waals surface area contributed by atoms with Crippen LogP contribution in [0.3, 0.4) is 0 Å². The van der Waals surface area contributed by atoms with Crippen LogP contribution in [0.1, 0.15) is 30.4 Å². The number of carbonyl (C=O) groups excluding carboxylic acids is 1. The summed E-state index contributed by atoms with van der Waals surface area (Å²) in [6.07, 6.45) is -0.531. The minimum atomic E-state index is -4.31. The summed E-state index contributed by atoms with van der Waals surface area (Å²) < 4.78 is 58.0. The summed E-state index contributed by atoms with van der Waals surface area (Å²) in [5, 5.41) is 3.06. The second-order valence-electron chi connectivity index (χ2n) is 6.09. The van der Waals surface area contributed by atoms with Gasteiger partial charge in [0.1, 0.15) is 18.1 Å². The van der Waals surface area contributed by atoms with Crippen LogP contribution in [0, 0.1) is 12.7 Å². The highest BCUT2D eigenvalue weighted by Crippen LogP contribution is 2.46. The number of aryl methyl sites for hydroxylation is 1. The summed E-state index contributed by atoms with van der Waals surface area (Å²) in [5.74, 6) is -0.319. The highest BCUT2D eigenvalue weighted by Gasteiger charge is 2.58. The fraction of sp³-hybridized carbons (Fsp3) is 0.421. The number of halogens is 5. The van der Waals surface area contributed by atoms with Gasteiger partial charge in [0.05, 0.1) is 10.7 Å². The maximum Gasteiger partial charge on any atom is 0.407 e. The van der Waals surface area contributed by atoms with Crippen molar-refractivity contribution in [1.29, 1.82) is 0 Å². The fourth-order valence-electron chi connectivity index (χ4n) is 2.43. The van der Waals surface area contributed by atoms with Gasteiger partial charge in [-0.3, -0.25) is 0 Å². The van der Waals surface area contributed by atoms with Gasteiger partial charge in [-0.25, -0.2) is 9.11 Å². The molecule has 0 unspecified atom stereocenters. The van der Waals surface area contributed by atoms with Crippen LogP contribution in [-0.4, -0.2) is 32.6 Å². The molecule has 0 spiro atoms. The van der Waals surface area contributed by atoms with Crippen LogP contribution in [0.25, 0.3) is 6.08 Å². The van der Waals surface area contributed by atoms with Gasteiger partial charge < -0.3 is 20.6 Å². The molecule has 0 saturated heterocycles. The molecule has 0 bridgehead atoms. The first-order valence-corrected chi connectivity index (χ1v) is 10.0. The molecule has 1 fully saturated rings. The summed E-state index contributed by atoms with van der Waals surface area (Å²) in [5.41, 5.74) is 4.19. The van der Waals surface area contributed by atoms with Crippen molar-refractivity contribution in [2.45, 2.75) is 37.9 Å². The fourth-order valence-corrected chi connectivity index (χ4v) is 3.55. The Bertz CT molecular complexity index is 725. The van der Waals surface area contributed by atoms with E-state index in [1.165, 1.54) is 19.3 Å². The van der Waals surface area contributed by atoms with Crippen LogP contribution in [0.2, 0.25) is 0 Å². The molecule has 0 heterocycles. The Morgan fingerprint density at radius 2 is 1.90 bits per heavy atom. The van der Waals surface area contributed by atoms with E-state index >= 15 is 0 Å². The predicted octanol–water partition coefficient (Wildman–Crippen LogP) is 4.39. The van der Waals surface area contributed by atoms with Crippen LogP contribution < -0.4 is 20.5 Å². The Kier molecular flexibility index (Phi) is 12.7. The van der Waals surface area contributed by atoms with E-state index in [2.05, 4.69) is 20.5 Å². The molecule has 0 amide bonds. The molecule has 5 N–H and O–H groups in total. The van der Waals surface area contributed by atoms with Crippen LogP contribution in [0.5, 0.6) is 0 Å². The standard InChI is InChI=1S/C17H20ClF4N3S.CH5N.CH2O/c1-11-8-12(4-5-14(11)19)9-13(18)15(10-23-2)24-26-25-16(6-3-7-16)17(20,21)22;2*1-2/h4-5,8-10,23-25H,3,6-7H2,1-2H3;2H2,1H3;1H2/b13-9-,15-10+;;. The second-order valence-corrected chi connectivity index (χ2v) is 7.11. The van der Waals surface area contributed by atoms with Gasteiger partial charge in [-0.1, -0.05) is 17.7 Å². The molecular formula is C19H27ClF4N4OS. The van der Waals surface area contributed by atoms with Gasteiger partial charge in [-0.2, -0.15) is 13.2 Å². The first-order chi connectivity index (χ1) is 14.2. The van der Waals surface area contributed by atoms with Gasteiger partial charge >= 0.3 is 6.18 Å². The average molecular weight is 471 g/mol. The van der Waals surface area contributed by atoms with E-state index in [0.29, 0.717) is 23.2 Å². The molecule has 1 aromatic rings. The van der Waals surface area contributed by atoms with Crippen LogP contribution >= 0.6 is 23.7 Å². The number of hydrogen-bond donors (Lipinski definition) is 4. The average Bonchev–Trinajstić information content (AvgIpc) is 2.68. The largest absolute Gasteiger partial charge is 0.407 e. The number of nitrogens with one attached hydrogen (secondary N) is 3. The van der Waals surface area contributed by atoms with Crippen molar-refractivity contribution in [3.05, 3.63) is 52.1 Å². The molecule has 170 valence electrons. The number of alkyl halides is 3. The minimum Gasteiger partial charge on any atom is -0.392 e. The van der Waals surface area contributed by atoms with Crippen molar-refractivity contribution in [3.8, 4) is 0 Å². The number of hydrogen-bond acceptors (Lipinski definition) is 6. The van der Waals surface area contributed by atoms with Crippen molar-refractivity contribution < 1.29 is 22.4 Å². The number of carbonyl (C=O) groups is 1. The monoisotopic (exact) mass is 470 g/mol. The van der Waals surface area contributed by atoms with Gasteiger partial charge in [0, 0.05) is 25.4 Å². The van der Waals surface area contributed by atoms with E-state index in [1.54, 1.807) is 32.2 Å². The Balaban J connectivity index is 0.00000198. The minimum absolute atomic E-state index is 0.0503. The highest BCUT2D eigenvalue weighted by molar-refractivity contribution is 7.95. The third-order valence-corrected chi connectivity index (χ3v) is 5.31. The zero-order valence-electron chi connectivity index (χ0n) is 17.0. The molecule has 1 aliphatic carbocycles. The van der Waals surface area contributed by atoms with Gasteiger partial charge in [-0.15, -0.1) is 0 Å². The molecule has 0 atom stereocenters. The SMILES string of the molecule is C=O.CN.CN/C=C(NSNC1(C(F)(F)F)CCC1)\C(Cl)=C\c1ccc(F)c(C)c1. The summed E-state index contributed by atoms with van der Waals surface area (Å²) >= 11 is 7.02. The summed E-state index contributed by atoms with van der Waals surface area (Å²) in [7, 11) is 3.15. The van der Waals surface area contributed by atoms with Crippen molar-refractivity contribution >= 4 is 36.6 Å². The van der Waals surface area contributed by atoms with Crippen LogP contribution in [0.4, 0.5) is 17.6 Å². The third kappa shape index (κ3) is 7.82. The Morgan fingerprint density at radius 1 is 1.30 bits per heavy atom. The zero-order chi connectivity index (χ0) is 23.4. The smallest absolute Gasteiger partial charge is 0.392 e. The molecule has 1 saturated carbocycles. The first-order valence-electron chi connectivity index (χ1n) is 8.82. The zero-order valence-corrected chi connectivity index (χ0v) is 18.6. The summed E-state index contributed by atoms with van der Waals surface area (Å²) in [4.78, 5) is 8.00. The van der Waals surface area contributed by atoms with Gasteiger partial charge in [0.2, 0.25) is 0 Å². The Labute approximate surface area is 183 Å². The Hall–Kier alpha value is -1.75. The van der Waals surface area contributed by atoms with Gasteiger partial charge in [0.15, 0.2) is 0 Å². The van der Waals surface area contributed by atoms with Crippen molar-refractivity contribution in [3.63, 3.8) is 0 Å². The molecule has 1 aromatic carbocycles. The number of rotatable bonds is 7. The lowest BCUT2D eigenvalue weighted by molar-refractivity contribution is -0.211. The first kappa shape index (κ1) is 28.2. The van der Waals surface area contributed by atoms with E-state index in [1.807, 2.05) is 6.79 Å². The van der Waals surface area contributed by atoms with Crippen LogP contribution in [-0.2, 0) is 4.79 Å². The third-order valence-electron chi connectivity index (χ3n) is 4.18. The lowest BCUT2D eigenvalue weighted by Gasteiger charge is -2.43. The highest BCUT2D eigenvalue weighted by atomic mass is 35.5. The van der Waals surface area contributed by atoms with Gasteiger partial charge in [-0.05, 0) is 62.6 Å². The molecular weight excluding hydrogens is 444 g/mol. The van der Waals surface area contributed by atoms with Crippen molar-refractivity contribution in [1.82, 2.24) is 14.8 Å². The van der Waals surface area contributed by atoms with Crippen molar-refractivity contribution in [2.24, 2.45) is 5.73 Å². The summed E-state index contributed by atoms with van der Waals surface area (Å²) in [6.45, 7) is 3.64. The van der Waals surface area contributed by atoms with E-state index in [0.717, 1.165) is 12.1 Å². The lowest BCUT2D eigenvalue weighted by Crippen LogP contribution is -2.59. The molecule has 0 aromatic heterocycles. The second kappa shape index (κ2) is 13.5. The molecule has 2 rings (SSSR count). The number of nitrogens with two attached hydrogens (primary N) is 1. The topological polar surface area (TPSA) is 79.2 Å². The Morgan fingerprint density at radius 3 is 2.33 bits per heavy atom. The maximum absolute atomic E-state index is 13.3. The molecule has 30 heavy (non-hydrogen) atoms. The lowest BCUT2D eigenvalue weighted by atomic mass is 9.77. The molecule has 0 radical (unpaired) electrons. The molecule has 11 heteroatoms. The normalized spacial score (nSPS) is 15.6. The maximum atomic E-state index is 13.3. The van der Waals surface area contributed by atoms with E-state index in [4.69, 9.17) is 16.4 Å². The van der Waals surface area contributed by atoms with E-state index < -0.39 is 11.7 Å². The summed E-state index contributed by atoms with van der Waals surface area (Å²) in [6, 6.07) is 4.54. The van der Waals surface area contributed by atoms with Crippen LogP contribution in [0.15, 0.2) is 35.1 Å². The predicted molar refractivity (Wildman–Crippen MR) is 116 cm³/mol. The molecule has 1 aliphatic rings.